The average molecular weight is 569 g/mol. The third kappa shape index (κ3) is 9.14. The maximum Gasteiger partial charge on any atom is 0.302 e. The Morgan fingerprint density at radius 3 is 2.68 bits per heavy atom. The van der Waals surface area contributed by atoms with E-state index in [1.54, 1.807) is 28.8 Å². The summed E-state index contributed by atoms with van der Waals surface area (Å²) in [6, 6.07) is 4.53. The fourth-order valence-corrected chi connectivity index (χ4v) is 7.50. The molecule has 38 heavy (non-hydrogen) atoms. The highest BCUT2D eigenvalue weighted by molar-refractivity contribution is 7.99. The van der Waals surface area contributed by atoms with Gasteiger partial charge in [0.25, 0.3) is 0 Å². The van der Waals surface area contributed by atoms with Crippen molar-refractivity contribution in [2.75, 3.05) is 63.7 Å². The molecule has 0 saturated carbocycles. The second kappa shape index (κ2) is 14.5. The summed E-state index contributed by atoms with van der Waals surface area (Å²) in [6.45, 7) is 6.75. The molecule has 2 N–H and O–H groups in total. The van der Waals surface area contributed by atoms with Gasteiger partial charge in [0, 0.05) is 32.3 Å². The molecule has 2 aliphatic heterocycles. The van der Waals surface area contributed by atoms with E-state index in [0.29, 0.717) is 43.0 Å². The number of benzene rings is 1. The van der Waals surface area contributed by atoms with Crippen molar-refractivity contribution in [2.45, 2.75) is 56.9 Å². The number of rotatable bonds is 13. The average Bonchev–Trinajstić information content (AvgIpc) is 2.86. The molecule has 0 spiro atoms. The van der Waals surface area contributed by atoms with Crippen LogP contribution in [0.5, 0.6) is 0 Å². The van der Waals surface area contributed by atoms with Gasteiger partial charge in [0.1, 0.15) is 10.9 Å². The molecule has 1 amide bonds. The second-order valence-corrected chi connectivity index (χ2v) is 13.6. The number of para-hydroxylation sites is 1. The first-order valence-corrected chi connectivity index (χ1v) is 16.2. The lowest BCUT2D eigenvalue weighted by molar-refractivity contribution is -0.141. The monoisotopic (exact) mass is 568 g/mol. The molecule has 1 unspecified atom stereocenters. The van der Waals surface area contributed by atoms with Crippen LogP contribution in [0.4, 0.5) is 5.69 Å². The van der Waals surface area contributed by atoms with Crippen LogP contribution in [0.2, 0.25) is 0 Å². The van der Waals surface area contributed by atoms with Gasteiger partial charge in [-0.25, -0.2) is 8.42 Å². The van der Waals surface area contributed by atoms with Gasteiger partial charge >= 0.3 is 5.97 Å². The summed E-state index contributed by atoms with van der Waals surface area (Å²) in [6.07, 6.45) is 4.20. The summed E-state index contributed by atoms with van der Waals surface area (Å²) >= 11 is 1.61. The summed E-state index contributed by atoms with van der Waals surface area (Å²) in [5, 5.41) is 3.30. The molecule has 2 atom stereocenters. The maximum absolute atomic E-state index is 13.6. The summed E-state index contributed by atoms with van der Waals surface area (Å²) in [7, 11) is 0.129. The van der Waals surface area contributed by atoms with E-state index in [9.17, 15) is 18.0 Å². The number of hydrogen-bond donors (Lipinski definition) is 2. The molecule has 2 heterocycles. The van der Waals surface area contributed by atoms with Crippen LogP contribution in [0, 0.1) is 11.8 Å². The Labute approximate surface area is 232 Å². The molecule has 214 valence electrons. The largest absolute Gasteiger partial charge is 0.466 e. The minimum Gasteiger partial charge on any atom is -0.466 e. The number of carbonyl (C=O) groups is 2. The summed E-state index contributed by atoms with van der Waals surface area (Å²) < 4.78 is 35.1. The number of ether oxygens (including phenoxy) is 1. The van der Waals surface area contributed by atoms with E-state index in [4.69, 9.17) is 4.74 Å². The molecule has 0 radical (unpaired) electrons. The van der Waals surface area contributed by atoms with E-state index < -0.39 is 16.1 Å². The van der Waals surface area contributed by atoms with Gasteiger partial charge in [-0.2, -0.15) is 16.5 Å². The van der Waals surface area contributed by atoms with Crippen molar-refractivity contribution < 1.29 is 22.7 Å². The van der Waals surface area contributed by atoms with Crippen molar-refractivity contribution >= 4 is 39.3 Å². The Hall–Kier alpha value is -1.82. The quantitative estimate of drug-likeness (QED) is 0.276. The van der Waals surface area contributed by atoms with Crippen molar-refractivity contribution in [3.05, 3.63) is 23.8 Å². The number of anilines is 1. The van der Waals surface area contributed by atoms with E-state index in [0.717, 1.165) is 56.5 Å². The molecule has 0 bridgehead atoms. The molecule has 1 fully saturated rings. The lowest BCUT2D eigenvalue weighted by Crippen LogP contribution is -2.52. The highest BCUT2D eigenvalue weighted by Crippen LogP contribution is 2.31. The zero-order valence-corrected chi connectivity index (χ0v) is 24.8. The molecule has 0 aromatic heterocycles. The van der Waals surface area contributed by atoms with E-state index in [2.05, 4.69) is 21.9 Å². The Kier molecular flexibility index (Phi) is 11.7. The van der Waals surface area contributed by atoms with Crippen LogP contribution in [0.1, 0.15) is 45.1 Å². The Balaban J connectivity index is 1.68. The van der Waals surface area contributed by atoms with Gasteiger partial charge < -0.3 is 19.9 Å². The van der Waals surface area contributed by atoms with Gasteiger partial charge in [0.2, 0.25) is 15.9 Å². The number of esters is 1. The lowest BCUT2D eigenvalue weighted by atomic mass is 9.93. The number of piperidine rings is 1. The van der Waals surface area contributed by atoms with Crippen molar-refractivity contribution in [3.8, 4) is 0 Å². The smallest absolute Gasteiger partial charge is 0.302 e. The standard InChI is InChI=1S/C27H44N4O5S2/c1-20-17-23-7-5-8-25(26(23)28-18-20)38(34,35)29-24(19-37-16-6-12-30(3)4)27(33)31-13-9-22(10-14-31)11-15-36-21(2)32/h5,7-8,20,22,24,28-29H,6,9-19H2,1-4H3/t20?,24-/m0/s1. The van der Waals surface area contributed by atoms with Crippen LogP contribution in [0.3, 0.4) is 0 Å². The first-order chi connectivity index (χ1) is 18.1. The SMILES string of the molecule is CC(=O)OCCC1CCN(C(=O)[C@H](CSCCCN(C)C)NS(=O)(=O)c2cccc3c2NCC(C)C3)CC1. The number of sulfonamides is 1. The fraction of sp³-hybridized carbons (Fsp3) is 0.704. The molecule has 1 aromatic carbocycles. The summed E-state index contributed by atoms with van der Waals surface area (Å²) in [5.74, 6) is 1.61. The van der Waals surface area contributed by atoms with Crippen LogP contribution in [-0.2, 0) is 30.8 Å². The van der Waals surface area contributed by atoms with Crippen LogP contribution >= 0.6 is 11.8 Å². The Morgan fingerprint density at radius 1 is 1.26 bits per heavy atom. The van der Waals surface area contributed by atoms with Gasteiger partial charge in [-0.3, -0.25) is 9.59 Å². The highest BCUT2D eigenvalue weighted by atomic mass is 32.2. The number of hydrogen-bond acceptors (Lipinski definition) is 8. The first kappa shape index (κ1) is 30.7. The number of thioether (sulfide) groups is 1. The molecular formula is C27H44N4O5S2. The molecule has 11 heteroatoms. The Morgan fingerprint density at radius 2 is 2.00 bits per heavy atom. The number of fused-ring (bicyclic) bond motifs is 1. The van der Waals surface area contributed by atoms with Crippen LogP contribution in [0.15, 0.2) is 23.1 Å². The minimum atomic E-state index is -3.92. The molecule has 0 aliphatic carbocycles. The third-order valence-corrected chi connectivity index (χ3v) is 9.79. The maximum atomic E-state index is 13.6. The van der Waals surface area contributed by atoms with Crippen molar-refractivity contribution in [3.63, 3.8) is 0 Å². The predicted molar refractivity (Wildman–Crippen MR) is 153 cm³/mol. The fourth-order valence-electron chi connectivity index (χ4n) is 5.02. The van der Waals surface area contributed by atoms with Crippen molar-refractivity contribution in [2.24, 2.45) is 11.8 Å². The number of nitrogens with zero attached hydrogens (tertiary/aromatic N) is 2. The molecule has 3 rings (SSSR count). The van der Waals surface area contributed by atoms with Crippen LogP contribution < -0.4 is 10.0 Å². The number of nitrogens with one attached hydrogen (secondary N) is 2. The Bertz CT molecular complexity index is 1040. The van der Waals surface area contributed by atoms with Crippen molar-refractivity contribution in [1.29, 1.82) is 0 Å². The molecule has 1 saturated heterocycles. The van der Waals surface area contributed by atoms with Gasteiger partial charge in [0.05, 0.1) is 12.3 Å². The number of carbonyl (C=O) groups excluding carboxylic acids is 2. The van der Waals surface area contributed by atoms with Crippen molar-refractivity contribution in [1.82, 2.24) is 14.5 Å². The summed E-state index contributed by atoms with van der Waals surface area (Å²) in [4.78, 5) is 28.8. The van der Waals surface area contributed by atoms with Gasteiger partial charge in [-0.1, -0.05) is 19.1 Å². The number of likely N-dealkylation sites (tertiary alicyclic amines) is 1. The van der Waals surface area contributed by atoms with E-state index in [-0.39, 0.29) is 16.8 Å². The molecule has 2 aliphatic rings. The zero-order chi connectivity index (χ0) is 27.7. The molecular weight excluding hydrogens is 524 g/mol. The zero-order valence-electron chi connectivity index (χ0n) is 23.2. The topological polar surface area (TPSA) is 108 Å². The molecule has 9 nitrogen and oxygen atoms in total. The lowest BCUT2D eigenvalue weighted by Gasteiger charge is -2.34. The number of amides is 1. The minimum absolute atomic E-state index is 0.168. The van der Waals surface area contributed by atoms with Crippen LogP contribution in [0.25, 0.3) is 0 Å². The van der Waals surface area contributed by atoms with E-state index in [1.807, 2.05) is 20.2 Å². The second-order valence-electron chi connectivity index (χ2n) is 10.8. The van der Waals surface area contributed by atoms with E-state index >= 15 is 0 Å². The van der Waals surface area contributed by atoms with Gasteiger partial charge in [0.15, 0.2) is 0 Å². The molecule has 1 aromatic rings. The first-order valence-electron chi connectivity index (χ1n) is 13.6. The van der Waals surface area contributed by atoms with Gasteiger partial charge in [-0.05, 0) is 82.0 Å². The normalized spacial score (nSPS) is 19.1. The van der Waals surface area contributed by atoms with Gasteiger partial charge in [-0.15, -0.1) is 0 Å². The van der Waals surface area contributed by atoms with Crippen LogP contribution in [-0.4, -0.2) is 94.5 Å². The van der Waals surface area contributed by atoms with E-state index in [1.165, 1.54) is 6.92 Å². The third-order valence-electron chi connectivity index (χ3n) is 7.13. The summed E-state index contributed by atoms with van der Waals surface area (Å²) in [5.41, 5.74) is 1.64. The predicted octanol–water partition coefficient (Wildman–Crippen LogP) is 2.81. The highest BCUT2D eigenvalue weighted by Gasteiger charge is 2.33.